The maximum Gasteiger partial charge on any atom is 0.254 e. The van der Waals surface area contributed by atoms with Gasteiger partial charge in [0.15, 0.2) is 11.5 Å². The van der Waals surface area contributed by atoms with E-state index in [-0.39, 0.29) is 24.4 Å². The van der Waals surface area contributed by atoms with Crippen molar-refractivity contribution in [1.29, 1.82) is 0 Å². The van der Waals surface area contributed by atoms with E-state index in [1.54, 1.807) is 6.20 Å². The maximum absolute atomic E-state index is 13.5. The van der Waals surface area contributed by atoms with Gasteiger partial charge in [0, 0.05) is 24.2 Å². The quantitative estimate of drug-likeness (QED) is 0.825. The van der Waals surface area contributed by atoms with Crippen molar-refractivity contribution in [3.8, 4) is 11.5 Å². The summed E-state index contributed by atoms with van der Waals surface area (Å²) in [4.78, 5) is 19.9. The zero-order chi connectivity index (χ0) is 19.2. The van der Waals surface area contributed by atoms with Crippen LogP contribution < -0.4 is 14.8 Å². The maximum atomic E-state index is 13.5. The van der Waals surface area contributed by atoms with Gasteiger partial charge in [0.2, 0.25) is 0 Å². The number of benzene rings is 1. The summed E-state index contributed by atoms with van der Waals surface area (Å²) in [5, 5.41) is 3.43. The van der Waals surface area contributed by atoms with Gasteiger partial charge in [-0.2, -0.15) is 0 Å². The number of nitrogens with zero attached hydrogens (tertiary/aromatic N) is 2. The zero-order valence-corrected chi connectivity index (χ0v) is 17.3. The first-order valence-electron chi connectivity index (χ1n) is 10.1. The van der Waals surface area contributed by atoms with Gasteiger partial charge in [0.25, 0.3) is 5.91 Å². The lowest BCUT2D eigenvalue weighted by Crippen LogP contribution is -2.40. The van der Waals surface area contributed by atoms with Crippen molar-refractivity contribution in [3.05, 3.63) is 53.9 Å². The van der Waals surface area contributed by atoms with Crippen LogP contribution in [0.15, 0.2) is 42.6 Å². The van der Waals surface area contributed by atoms with Crippen molar-refractivity contribution in [1.82, 2.24) is 15.2 Å². The summed E-state index contributed by atoms with van der Waals surface area (Å²) in [5.41, 5.74) is 1.54. The van der Waals surface area contributed by atoms with Crippen molar-refractivity contribution in [3.63, 3.8) is 0 Å². The van der Waals surface area contributed by atoms with Gasteiger partial charge in [-0.25, -0.2) is 0 Å². The monoisotopic (exact) mass is 417 g/mol. The summed E-state index contributed by atoms with van der Waals surface area (Å²) >= 11 is 0. The highest BCUT2D eigenvalue weighted by molar-refractivity contribution is 5.95. The van der Waals surface area contributed by atoms with E-state index in [0.717, 1.165) is 44.5 Å². The number of amides is 1. The Hall–Kier alpha value is -2.31. The molecule has 1 amide bonds. The molecule has 1 atom stereocenters. The Bertz CT molecular complexity index is 795. The van der Waals surface area contributed by atoms with Crippen LogP contribution in [-0.2, 0) is 6.54 Å². The van der Waals surface area contributed by atoms with Crippen LogP contribution in [0.1, 0.15) is 41.7 Å². The van der Waals surface area contributed by atoms with E-state index < -0.39 is 0 Å². The molecule has 4 rings (SSSR count). The molecule has 1 aromatic heterocycles. The fourth-order valence-electron chi connectivity index (χ4n) is 3.81. The molecule has 0 spiro atoms. The normalized spacial score (nSPS) is 18.7. The van der Waals surface area contributed by atoms with E-state index in [1.165, 1.54) is 0 Å². The molecule has 7 heteroatoms. The first-order valence-corrected chi connectivity index (χ1v) is 10.1. The first kappa shape index (κ1) is 21.4. The Kier molecular flexibility index (Phi) is 7.72. The fraction of sp³-hybridized carbons (Fsp3) is 0.455. The molecule has 0 saturated carbocycles. The first-order chi connectivity index (χ1) is 13.8. The van der Waals surface area contributed by atoms with Crippen LogP contribution >= 0.6 is 12.4 Å². The number of carbonyl (C=O) groups excluding carboxylic acids is 1. The minimum absolute atomic E-state index is 0. The fourth-order valence-corrected chi connectivity index (χ4v) is 3.81. The van der Waals surface area contributed by atoms with Crippen LogP contribution in [0.4, 0.5) is 0 Å². The van der Waals surface area contributed by atoms with Crippen molar-refractivity contribution in [2.75, 3.05) is 26.3 Å². The number of fused-ring (bicyclic) bond motifs is 1. The van der Waals surface area contributed by atoms with Crippen molar-refractivity contribution < 1.29 is 14.3 Å². The second-order valence-corrected chi connectivity index (χ2v) is 7.30. The SMILES string of the molecule is Cl.O=C(c1ccc2c(c1)OCCCO2)N(Cc1ccccn1)C1CCCNCC1. The molecule has 0 radical (unpaired) electrons. The summed E-state index contributed by atoms with van der Waals surface area (Å²) in [6, 6.07) is 11.5. The van der Waals surface area contributed by atoms with Crippen molar-refractivity contribution >= 4 is 18.3 Å². The number of halogens is 1. The van der Waals surface area contributed by atoms with Gasteiger partial charge in [-0.05, 0) is 62.7 Å². The summed E-state index contributed by atoms with van der Waals surface area (Å²) in [5.74, 6) is 1.39. The molecule has 0 aliphatic carbocycles. The van der Waals surface area contributed by atoms with Gasteiger partial charge in [-0.1, -0.05) is 6.07 Å². The average Bonchev–Trinajstić information content (AvgIpc) is 3.14. The van der Waals surface area contributed by atoms with Gasteiger partial charge < -0.3 is 19.7 Å². The smallest absolute Gasteiger partial charge is 0.254 e. The molecule has 2 aromatic rings. The highest BCUT2D eigenvalue weighted by atomic mass is 35.5. The molecule has 29 heavy (non-hydrogen) atoms. The third-order valence-electron chi connectivity index (χ3n) is 5.30. The van der Waals surface area contributed by atoms with E-state index in [2.05, 4.69) is 10.3 Å². The van der Waals surface area contributed by atoms with Crippen LogP contribution in [0.2, 0.25) is 0 Å². The van der Waals surface area contributed by atoms with E-state index in [9.17, 15) is 4.79 Å². The molecular formula is C22H28ClN3O3. The number of nitrogens with one attached hydrogen (secondary N) is 1. The Morgan fingerprint density at radius 3 is 2.76 bits per heavy atom. The third-order valence-corrected chi connectivity index (χ3v) is 5.30. The van der Waals surface area contributed by atoms with Crippen molar-refractivity contribution in [2.24, 2.45) is 0 Å². The highest BCUT2D eigenvalue weighted by Crippen LogP contribution is 2.31. The molecule has 156 valence electrons. The molecular weight excluding hydrogens is 390 g/mol. The predicted molar refractivity (Wildman–Crippen MR) is 114 cm³/mol. The summed E-state index contributed by atoms with van der Waals surface area (Å²) in [6.45, 7) is 3.69. The van der Waals surface area contributed by atoms with Gasteiger partial charge in [-0.15, -0.1) is 12.4 Å². The van der Waals surface area contributed by atoms with Crippen LogP contribution in [0.5, 0.6) is 11.5 Å². The number of hydrogen-bond acceptors (Lipinski definition) is 5. The molecule has 2 aliphatic rings. The van der Waals surface area contributed by atoms with Gasteiger partial charge >= 0.3 is 0 Å². The molecule has 1 saturated heterocycles. The molecule has 1 N–H and O–H groups in total. The lowest BCUT2D eigenvalue weighted by molar-refractivity contribution is 0.0642. The Morgan fingerprint density at radius 1 is 1.07 bits per heavy atom. The number of rotatable bonds is 4. The number of carbonyl (C=O) groups is 1. The van der Waals surface area contributed by atoms with E-state index in [1.807, 2.05) is 41.3 Å². The lowest BCUT2D eigenvalue weighted by Gasteiger charge is -2.31. The number of aromatic nitrogens is 1. The van der Waals surface area contributed by atoms with Gasteiger partial charge in [-0.3, -0.25) is 9.78 Å². The lowest BCUT2D eigenvalue weighted by atomic mass is 10.0. The Balaban J connectivity index is 0.00000240. The second kappa shape index (κ2) is 10.5. The molecule has 1 unspecified atom stereocenters. The van der Waals surface area contributed by atoms with Gasteiger partial charge in [0.1, 0.15) is 0 Å². The van der Waals surface area contributed by atoms with Crippen LogP contribution in [-0.4, -0.2) is 48.1 Å². The summed E-state index contributed by atoms with van der Waals surface area (Å²) < 4.78 is 11.5. The summed E-state index contributed by atoms with van der Waals surface area (Å²) in [6.07, 6.45) is 5.64. The van der Waals surface area contributed by atoms with E-state index in [0.29, 0.717) is 36.8 Å². The Morgan fingerprint density at radius 2 is 1.93 bits per heavy atom. The predicted octanol–water partition coefficient (Wildman–Crippen LogP) is 3.45. The van der Waals surface area contributed by atoms with Crippen LogP contribution in [0.3, 0.4) is 0 Å². The van der Waals surface area contributed by atoms with Gasteiger partial charge in [0.05, 0.1) is 25.5 Å². The number of hydrogen-bond donors (Lipinski definition) is 1. The minimum atomic E-state index is 0. The molecule has 0 bridgehead atoms. The molecule has 6 nitrogen and oxygen atoms in total. The zero-order valence-electron chi connectivity index (χ0n) is 16.5. The second-order valence-electron chi connectivity index (χ2n) is 7.30. The molecule has 1 aromatic carbocycles. The summed E-state index contributed by atoms with van der Waals surface area (Å²) in [7, 11) is 0. The standard InChI is InChI=1S/C22H27N3O3.ClH/c26-22(17-7-8-20-21(15-17)28-14-4-13-27-20)25(16-18-5-1-2-11-24-18)19-6-3-10-23-12-9-19;/h1-2,5,7-8,11,15,19,23H,3-4,6,9-10,12-14,16H2;1H. The minimum Gasteiger partial charge on any atom is -0.490 e. The molecule has 3 heterocycles. The topological polar surface area (TPSA) is 63.7 Å². The highest BCUT2D eigenvalue weighted by Gasteiger charge is 2.27. The van der Waals surface area contributed by atoms with E-state index >= 15 is 0 Å². The average molecular weight is 418 g/mol. The van der Waals surface area contributed by atoms with E-state index in [4.69, 9.17) is 9.47 Å². The molecule has 2 aliphatic heterocycles. The Labute approximate surface area is 178 Å². The third kappa shape index (κ3) is 5.40. The van der Waals surface area contributed by atoms with Crippen molar-refractivity contribution in [2.45, 2.75) is 38.3 Å². The molecule has 1 fully saturated rings. The van der Waals surface area contributed by atoms with Crippen LogP contribution in [0, 0.1) is 0 Å². The number of ether oxygens (including phenoxy) is 2. The largest absolute Gasteiger partial charge is 0.490 e. The number of pyridine rings is 1. The van der Waals surface area contributed by atoms with Crippen LogP contribution in [0.25, 0.3) is 0 Å².